The highest BCUT2D eigenvalue weighted by Gasteiger charge is 2.40. The summed E-state index contributed by atoms with van der Waals surface area (Å²) < 4.78 is 5.84. The van der Waals surface area contributed by atoms with Crippen molar-refractivity contribution in [1.82, 2.24) is 9.97 Å². The molecule has 3 nitrogen and oxygen atoms in total. The Morgan fingerprint density at radius 2 is 1.60 bits per heavy atom. The first kappa shape index (κ1) is 15.8. The minimum atomic E-state index is 0.179. The molecule has 0 N–H and O–H groups in total. The molecule has 0 unspecified atom stereocenters. The summed E-state index contributed by atoms with van der Waals surface area (Å²) in [7, 11) is 0. The summed E-state index contributed by atoms with van der Waals surface area (Å²) in [4.78, 5) is 8.11. The molecule has 0 amide bonds. The molecule has 25 heavy (non-hydrogen) atoms. The minimum Gasteiger partial charge on any atom is -0.487 e. The number of aromatic nitrogens is 2. The van der Waals surface area contributed by atoms with Crippen molar-refractivity contribution in [3.63, 3.8) is 0 Å². The number of aryl methyl sites for hydroxylation is 1. The minimum absolute atomic E-state index is 0.179. The van der Waals surface area contributed by atoms with E-state index in [1.165, 1.54) is 36.0 Å². The van der Waals surface area contributed by atoms with Crippen molar-refractivity contribution in [1.29, 1.82) is 0 Å². The van der Waals surface area contributed by atoms with E-state index in [0.717, 1.165) is 11.4 Å². The van der Waals surface area contributed by atoms with Crippen LogP contribution in [0.3, 0.4) is 0 Å². The Morgan fingerprint density at radius 1 is 0.920 bits per heavy atom. The standard InChI is InChI=1S/C22H22N2O/c1-17-3-5-18(6-4-17)22(12-2-13-22)19-7-9-21(10-8-19)25-15-20-11-14-23-16-24-20/h3-11,14,16H,2,12-13,15H2,1H3. The molecular weight excluding hydrogens is 308 g/mol. The maximum atomic E-state index is 5.84. The summed E-state index contributed by atoms with van der Waals surface area (Å²) >= 11 is 0. The van der Waals surface area contributed by atoms with E-state index in [0.29, 0.717) is 6.61 Å². The van der Waals surface area contributed by atoms with Gasteiger partial charge in [0.05, 0.1) is 5.69 Å². The molecule has 0 spiro atoms. The Bertz CT molecular complexity index is 822. The fourth-order valence-corrected chi connectivity index (χ4v) is 3.58. The predicted octanol–water partition coefficient (Wildman–Crippen LogP) is 4.83. The zero-order valence-electron chi connectivity index (χ0n) is 14.5. The van der Waals surface area contributed by atoms with Crippen molar-refractivity contribution < 1.29 is 4.74 Å². The molecule has 0 radical (unpaired) electrons. The summed E-state index contributed by atoms with van der Waals surface area (Å²) in [5, 5.41) is 0. The zero-order chi connectivity index (χ0) is 17.1. The van der Waals surface area contributed by atoms with Crippen LogP contribution in [0.25, 0.3) is 0 Å². The zero-order valence-corrected chi connectivity index (χ0v) is 14.5. The smallest absolute Gasteiger partial charge is 0.130 e. The maximum absolute atomic E-state index is 5.84. The third-order valence-electron chi connectivity index (χ3n) is 5.25. The van der Waals surface area contributed by atoms with Gasteiger partial charge in [-0.25, -0.2) is 9.97 Å². The van der Waals surface area contributed by atoms with Gasteiger partial charge in [-0.15, -0.1) is 0 Å². The lowest BCUT2D eigenvalue weighted by Gasteiger charge is -2.43. The van der Waals surface area contributed by atoms with Crippen molar-refractivity contribution in [3.05, 3.63) is 89.5 Å². The molecule has 1 aliphatic rings. The summed E-state index contributed by atoms with van der Waals surface area (Å²) in [5.41, 5.74) is 5.19. The molecule has 4 rings (SSSR count). The average molecular weight is 330 g/mol. The van der Waals surface area contributed by atoms with E-state index in [1.807, 2.05) is 6.07 Å². The number of rotatable bonds is 5. The van der Waals surface area contributed by atoms with Crippen LogP contribution in [0.4, 0.5) is 0 Å². The molecule has 0 atom stereocenters. The lowest BCUT2D eigenvalue weighted by molar-refractivity contribution is 0.294. The van der Waals surface area contributed by atoms with Crippen LogP contribution in [0, 0.1) is 6.92 Å². The molecule has 2 aromatic carbocycles. The number of nitrogens with zero attached hydrogens (tertiary/aromatic N) is 2. The highest BCUT2D eigenvalue weighted by atomic mass is 16.5. The SMILES string of the molecule is Cc1ccc(C2(c3ccc(OCc4ccncn4)cc3)CCC2)cc1. The second-order valence-electron chi connectivity index (χ2n) is 6.82. The number of benzene rings is 2. The van der Waals surface area contributed by atoms with Gasteiger partial charge >= 0.3 is 0 Å². The highest BCUT2D eigenvalue weighted by molar-refractivity contribution is 5.44. The van der Waals surface area contributed by atoms with E-state index >= 15 is 0 Å². The fraction of sp³-hybridized carbons (Fsp3) is 0.273. The van der Waals surface area contributed by atoms with Crippen LogP contribution in [-0.2, 0) is 12.0 Å². The van der Waals surface area contributed by atoms with Gasteiger partial charge in [0.2, 0.25) is 0 Å². The molecule has 1 aromatic heterocycles. The van der Waals surface area contributed by atoms with E-state index in [9.17, 15) is 0 Å². The Balaban J connectivity index is 1.51. The molecule has 1 aliphatic carbocycles. The Hall–Kier alpha value is -2.68. The van der Waals surface area contributed by atoms with Crippen LogP contribution < -0.4 is 4.74 Å². The Kier molecular flexibility index (Phi) is 4.22. The average Bonchev–Trinajstić information content (AvgIpc) is 2.63. The summed E-state index contributed by atoms with van der Waals surface area (Å²) in [6.45, 7) is 2.60. The highest BCUT2D eigenvalue weighted by Crippen LogP contribution is 2.49. The third-order valence-corrected chi connectivity index (χ3v) is 5.25. The molecule has 0 bridgehead atoms. The van der Waals surface area contributed by atoms with Gasteiger partial charge in [0.15, 0.2) is 0 Å². The van der Waals surface area contributed by atoms with Gasteiger partial charge in [0.1, 0.15) is 18.7 Å². The van der Waals surface area contributed by atoms with Gasteiger partial charge in [0.25, 0.3) is 0 Å². The van der Waals surface area contributed by atoms with Crippen LogP contribution >= 0.6 is 0 Å². The topological polar surface area (TPSA) is 35.0 Å². The summed E-state index contributed by atoms with van der Waals surface area (Å²) in [5.74, 6) is 0.876. The van der Waals surface area contributed by atoms with Crippen molar-refractivity contribution in [2.45, 2.75) is 38.2 Å². The van der Waals surface area contributed by atoms with E-state index < -0.39 is 0 Å². The fourth-order valence-electron chi connectivity index (χ4n) is 3.58. The second-order valence-corrected chi connectivity index (χ2v) is 6.82. The van der Waals surface area contributed by atoms with Gasteiger partial charge < -0.3 is 4.74 Å². The molecule has 126 valence electrons. The summed E-state index contributed by atoms with van der Waals surface area (Å²) in [6.07, 6.45) is 7.01. The van der Waals surface area contributed by atoms with Crippen molar-refractivity contribution in [2.75, 3.05) is 0 Å². The quantitative estimate of drug-likeness (QED) is 0.672. The number of hydrogen-bond donors (Lipinski definition) is 0. The molecule has 1 fully saturated rings. The molecule has 0 aliphatic heterocycles. The largest absolute Gasteiger partial charge is 0.487 e. The maximum Gasteiger partial charge on any atom is 0.130 e. The van der Waals surface area contributed by atoms with Gasteiger partial charge in [0, 0.05) is 11.6 Å². The first-order chi connectivity index (χ1) is 12.3. The van der Waals surface area contributed by atoms with Gasteiger partial charge in [-0.05, 0) is 49.1 Å². The van der Waals surface area contributed by atoms with Crippen LogP contribution in [0.5, 0.6) is 5.75 Å². The lowest BCUT2D eigenvalue weighted by atomic mass is 9.60. The normalized spacial score (nSPS) is 15.4. The predicted molar refractivity (Wildman–Crippen MR) is 98.6 cm³/mol. The van der Waals surface area contributed by atoms with Crippen molar-refractivity contribution in [3.8, 4) is 5.75 Å². The second kappa shape index (κ2) is 6.67. The number of ether oxygens (including phenoxy) is 1. The molecule has 3 aromatic rings. The first-order valence-corrected chi connectivity index (χ1v) is 8.82. The third kappa shape index (κ3) is 3.14. The van der Waals surface area contributed by atoms with E-state index in [-0.39, 0.29) is 5.41 Å². The van der Waals surface area contributed by atoms with Crippen LogP contribution in [-0.4, -0.2) is 9.97 Å². The van der Waals surface area contributed by atoms with Crippen LogP contribution in [0.1, 0.15) is 41.6 Å². The van der Waals surface area contributed by atoms with Crippen LogP contribution in [0.2, 0.25) is 0 Å². The molecule has 3 heteroatoms. The van der Waals surface area contributed by atoms with Crippen molar-refractivity contribution in [2.24, 2.45) is 0 Å². The van der Waals surface area contributed by atoms with E-state index in [1.54, 1.807) is 12.5 Å². The molecule has 1 saturated carbocycles. The van der Waals surface area contributed by atoms with Gasteiger partial charge in [-0.3, -0.25) is 0 Å². The summed E-state index contributed by atoms with van der Waals surface area (Å²) in [6, 6.07) is 19.5. The molecular formula is C22H22N2O. The lowest BCUT2D eigenvalue weighted by Crippen LogP contribution is -2.35. The molecule has 1 heterocycles. The van der Waals surface area contributed by atoms with E-state index in [4.69, 9.17) is 4.74 Å². The number of hydrogen-bond acceptors (Lipinski definition) is 3. The van der Waals surface area contributed by atoms with Crippen LogP contribution in [0.15, 0.2) is 67.1 Å². The first-order valence-electron chi connectivity index (χ1n) is 8.82. The van der Waals surface area contributed by atoms with Gasteiger partial charge in [-0.2, -0.15) is 0 Å². The van der Waals surface area contributed by atoms with E-state index in [2.05, 4.69) is 65.4 Å². The van der Waals surface area contributed by atoms with Crippen molar-refractivity contribution >= 4 is 0 Å². The van der Waals surface area contributed by atoms with Gasteiger partial charge in [-0.1, -0.05) is 48.4 Å². The monoisotopic (exact) mass is 330 g/mol. The Morgan fingerprint density at radius 3 is 2.16 bits per heavy atom. The Labute approximate surface area is 148 Å². The molecule has 0 saturated heterocycles.